The summed E-state index contributed by atoms with van der Waals surface area (Å²) in [5, 5.41) is 9.02. The highest BCUT2D eigenvalue weighted by Crippen LogP contribution is 2.31. The van der Waals surface area contributed by atoms with Crippen LogP contribution < -0.4 is 10.2 Å². The summed E-state index contributed by atoms with van der Waals surface area (Å²) in [5.41, 5.74) is 0.913. The van der Waals surface area contributed by atoms with E-state index in [1.165, 1.54) is 4.90 Å². The average molecular weight is 443 g/mol. The van der Waals surface area contributed by atoms with Gasteiger partial charge < -0.3 is 5.32 Å². The fourth-order valence-electron chi connectivity index (χ4n) is 2.93. The lowest BCUT2D eigenvalue weighted by molar-refractivity contribution is -0.124. The highest BCUT2D eigenvalue weighted by atomic mass is 35.5. The topological polar surface area (TPSA) is 75.2 Å². The van der Waals surface area contributed by atoms with E-state index in [0.717, 1.165) is 18.0 Å². The van der Waals surface area contributed by atoms with E-state index in [9.17, 15) is 9.59 Å². The summed E-state index contributed by atoms with van der Waals surface area (Å²) in [5.74, 6) is -0.714. The molecule has 156 valence electrons. The molecule has 1 atom stereocenters. The molecule has 8 heteroatoms. The van der Waals surface area contributed by atoms with Crippen molar-refractivity contribution in [3.05, 3.63) is 76.3 Å². The maximum atomic E-state index is 13.5. The molecular weight excluding hydrogens is 420 g/mol. The SMILES string of the molecule is CCC(C)(C)NC(=O)[C@@H](c1ccccc1)N(C(=O)c1csnn1)c1cccc(Cl)c1. The van der Waals surface area contributed by atoms with Crippen molar-refractivity contribution in [2.75, 3.05) is 4.90 Å². The van der Waals surface area contributed by atoms with Crippen molar-refractivity contribution >= 4 is 40.6 Å². The van der Waals surface area contributed by atoms with Crippen LogP contribution in [0.5, 0.6) is 0 Å². The number of anilines is 1. The Labute approximate surface area is 185 Å². The molecule has 0 aliphatic carbocycles. The molecular formula is C22H23ClN4O2S. The van der Waals surface area contributed by atoms with Crippen LogP contribution in [-0.4, -0.2) is 26.9 Å². The highest BCUT2D eigenvalue weighted by Gasteiger charge is 2.36. The summed E-state index contributed by atoms with van der Waals surface area (Å²) < 4.78 is 3.80. The van der Waals surface area contributed by atoms with E-state index >= 15 is 0 Å². The van der Waals surface area contributed by atoms with E-state index in [0.29, 0.717) is 16.3 Å². The zero-order chi connectivity index (χ0) is 21.7. The molecule has 1 N–H and O–H groups in total. The Bertz CT molecular complexity index is 1010. The highest BCUT2D eigenvalue weighted by molar-refractivity contribution is 7.03. The predicted octanol–water partition coefficient (Wildman–Crippen LogP) is 4.88. The minimum absolute atomic E-state index is 0.170. The van der Waals surface area contributed by atoms with Gasteiger partial charge in [-0.15, -0.1) is 5.10 Å². The van der Waals surface area contributed by atoms with Gasteiger partial charge in [-0.3, -0.25) is 14.5 Å². The summed E-state index contributed by atoms with van der Waals surface area (Å²) in [6, 6.07) is 15.2. The van der Waals surface area contributed by atoms with Gasteiger partial charge in [-0.25, -0.2) is 0 Å². The Morgan fingerprint density at radius 3 is 2.50 bits per heavy atom. The molecule has 2 amide bonds. The van der Waals surface area contributed by atoms with Crippen molar-refractivity contribution in [3.63, 3.8) is 0 Å². The van der Waals surface area contributed by atoms with Crippen LogP contribution in [-0.2, 0) is 4.79 Å². The molecule has 0 spiro atoms. The van der Waals surface area contributed by atoms with Crippen LogP contribution in [0, 0.1) is 0 Å². The Kier molecular flexibility index (Phi) is 6.84. The lowest BCUT2D eigenvalue weighted by atomic mass is 9.98. The van der Waals surface area contributed by atoms with Gasteiger partial charge in [-0.2, -0.15) is 0 Å². The molecule has 2 aromatic carbocycles. The van der Waals surface area contributed by atoms with Crippen molar-refractivity contribution < 1.29 is 9.59 Å². The number of halogens is 1. The second-order valence-electron chi connectivity index (χ2n) is 7.49. The Morgan fingerprint density at radius 2 is 1.90 bits per heavy atom. The standard InChI is InChI=1S/C22H23ClN4O2S/c1-4-22(2,3)24-20(28)19(15-9-6-5-7-10-15)27(17-12-8-11-16(23)13-17)21(29)18-14-30-26-25-18/h5-14,19H,4H2,1-3H3,(H,24,28)/t19-/m1/s1. The fraction of sp³-hybridized carbons (Fsp3) is 0.273. The van der Waals surface area contributed by atoms with Crippen LogP contribution >= 0.6 is 23.1 Å². The number of aromatic nitrogens is 2. The number of carbonyl (C=O) groups is 2. The van der Waals surface area contributed by atoms with E-state index in [-0.39, 0.29) is 11.6 Å². The normalized spacial score (nSPS) is 12.3. The Hall–Kier alpha value is -2.77. The lowest BCUT2D eigenvalue weighted by Crippen LogP contribution is -2.50. The van der Waals surface area contributed by atoms with Gasteiger partial charge in [0, 0.05) is 21.6 Å². The minimum atomic E-state index is -0.912. The van der Waals surface area contributed by atoms with Gasteiger partial charge in [-0.05, 0) is 55.6 Å². The molecule has 0 saturated heterocycles. The van der Waals surface area contributed by atoms with E-state index in [1.54, 1.807) is 29.6 Å². The summed E-state index contributed by atoms with van der Waals surface area (Å²) in [7, 11) is 0. The molecule has 0 aliphatic heterocycles. The first-order valence-electron chi connectivity index (χ1n) is 9.55. The first-order chi connectivity index (χ1) is 14.3. The number of carbonyl (C=O) groups excluding carboxylic acids is 2. The van der Waals surface area contributed by atoms with Crippen molar-refractivity contribution in [1.29, 1.82) is 0 Å². The number of nitrogens with zero attached hydrogens (tertiary/aromatic N) is 3. The zero-order valence-electron chi connectivity index (χ0n) is 17.0. The van der Waals surface area contributed by atoms with E-state index in [4.69, 9.17) is 11.6 Å². The van der Waals surface area contributed by atoms with Gasteiger partial charge in [0.2, 0.25) is 5.91 Å². The van der Waals surface area contributed by atoms with Gasteiger partial charge in [0.05, 0.1) is 0 Å². The second kappa shape index (κ2) is 9.36. The van der Waals surface area contributed by atoms with Crippen molar-refractivity contribution in [1.82, 2.24) is 14.9 Å². The molecule has 6 nitrogen and oxygen atoms in total. The minimum Gasteiger partial charge on any atom is -0.349 e. The van der Waals surface area contributed by atoms with Gasteiger partial charge in [0.15, 0.2) is 5.69 Å². The van der Waals surface area contributed by atoms with E-state index < -0.39 is 17.5 Å². The van der Waals surface area contributed by atoms with Gasteiger partial charge >= 0.3 is 0 Å². The third kappa shape index (κ3) is 5.04. The van der Waals surface area contributed by atoms with Crippen LogP contribution in [0.25, 0.3) is 0 Å². The number of benzene rings is 2. The van der Waals surface area contributed by atoms with Gasteiger partial charge in [0.25, 0.3) is 5.91 Å². The molecule has 30 heavy (non-hydrogen) atoms. The van der Waals surface area contributed by atoms with Crippen molar-refractivity contribution in [2.45, 2.75) is 38.8 Å². The molecule has 0 saturated carbocycles. The maximum absolute atomic E-state index is 13.5. The average Bonchev–Trinajstić information content (AvgIpc) is 3.26. The number of rotatable bonds is 7. The molecule has 0 unspecified atom stereocenters. The third-order valence-electron chi connectivity index (χ3n) is 4.85. The second-order valence-corrected chi connectivity index (χ2v) is 8.53. The monoisotopic (exact) mass is 442 g/mol. The van der Waals surface area contributed by atoms with Crippen LogP contribution in [0.15, 0.2) is 60.0 Å². The molecule has 3 aromatic rings. The van der Waals surface area contributed by atoms with Crippen LogP contribution in [0.4, 0.5) is 5.69 Å². The fourth-order valence-corrected chi connectivity index (χ4v) is 3.55. The van der Waals surface area contributed by atoms with E-state index in [1.807, 2.05) is 51.1 Å². The molecule has 3 rings (SSSR count). The van der Waals surface area contributed by atoms with Crippen LogP contribution in [0.1, 0.15) is 49.3 Å². The van der Waals surface area contributed by atoms with Crippen molar-refractivity contribution in [2.24, 2.45) is 0 Å². The summed E-state index contributed by atoms with van der Waals surface area (Å²) >= 11 is 7.29. The Morgan fingerprint density at radius 1 is 1.17 bits per heavy atom. The Balaban J connectivity index is 2.15. The summed E-state index contributed by atoms with van der Waals surface area (Å²) in [4.78, 5) is 28.4. The lowest BCUT2D eigenvalue weighted by Gasteiger charge is -2.34. The first-order valence-corrected chi connectivity index (χ1v) is 10.8. The maximum Gasteiger partial charge on any atom is 0.280 e. The first kappa shape index (κ1) is 21.9. The number of nitrogens with one attached hydrogen (secondary N) is 1. The molecule has 0 bridgehead atoms. The molecule has 0 radical (unpaired) electrons. The number of hydrogen-bond donors (Lipinski definition) is 1. The van der Waals surface area contributed by atoms with Crippen molar-refractivity contribution in [3.8, 4) is 0 Å². The largest absolute Gasteiger partial charge is 0.349 e. The summed E-state index contributed by atoms with van der Waals surface area (Å²) in [6.07, 6.45) is 0.737. The molecule has 1 heterocycles. The van der Waals surface area contributed by atoms with Gasteiger partial charge in [0.1, 0.15) is 6.04 Å². The summed E-state index contributed by atoms with van der Waals surface area (Å²) in [6.45, 7) is 5.89. The molecule has 0 fully saturated rings. The third-order valence-corrected chi connectivity index (χ3v) is 5.59. The number of amides is 2. The van der Waals surface area contributed by atoms with E-state index in [2.05, 4.69) is 14.9 Å². The molecule has 1 aromatic heterocycles. The van der Waals surface area contributed by atoms with Crippen LogP contribution in [0.2, 0.25) is 5.02 Å². The van der Waals surface area contributed by atoms with Crippen LogP contribution in [0.3, 0.4) is 0 Å². The zero-order valence-corrected chi connectivity index (χ0v) is 18.6. The molecule has 0 aliphatic rings. The number of hydrogen-bond acceptors (Lipinski definition) is 5. The predicted molar refractivity (Wildman–Crippen MR) is 120 cm³/mol. The van der Waals surface area contributed by atoms with Gasteiger partial charge in [-0.1, -0.05) is 59.4 Å². The quantitative estimate of drug-likeness (QED) is 0.565. The smallest absolute Gasteiger partial charge is 0.280 e.